The Labute approximate surface area is 219 Å². The Morgan fingerprint density at radius 2 is 1.94 bits per heavy atom. The number of hydrogen-bond acceptors (Lipinski definition) is 5. The van der Waals surface area contributed by atoms with Gasteiger partial charge < -0.3 is 14.4 Å². The van der Waals surface area contributed by atoms with Crippen LogP contribution in [0.4, 0.5) is 5.69 Å². The molecule has 1 aromatic heterocycles. The van der Waals surface area contributed by atoms with Gasteiger partial charge in [0.15, 0.2) is 0 Å². The maximum absolute atomic E-state index is 6.26. The Balaban J connectivity index is 1.25. The number of benzene rings is 2. The standard InChI is InChI=1S/C29H37ClN4O2/c1-21-22(2)28(36-18-6-15-33-14-5-13-31-33)12-10-25(21)27-8-4-7-24-20-32(16-17-34(24)27)23-9-11-26(30)29(19-23)35-3/h5,9-14,19,24,27H,4,6-8,15-18,20H2,1-3H3/t24-,27+/m0/s1. The van der Waals surface area contributed by atoms with E-state index >= 15 is 0 Å². The normalized spacial score (nSPS) is 20.3. The van der Waals surface area contributed by atoms with Gasteiger partial charge in [0.1, 0.15) is 11.5 Å². The van der Waals surface area contributed by atoms with E-state index in [9.17, 15) is 0 Å². The lowest BCUT2D eigenvalue weighted by Gasteiger charge is -2.49. The van der Waals surface area contributed by atoms with Crippen LogP contribution in [-0.2, 0) is 6.54 Å². The Morgan fingerprint density at radius 1 is 1.06 bits per heavy atom. The van der Waals surface area contributed by atoms with Gasteiger partial charge in [-0.25, -0.2) is 0 Å². The van der Waals surface area contributed by atoms with Crippen LogP contribution >= 0.6 is 11.6 Å². The SMILES string of the molecule is COc1cc(N2CCN3[C@@H](CCC[C@@H]3c3ccc(OCCCn4cccn4)c(C)c3C)C2)ccc1Cl. The number of ether oxygens (including phenoxy) is 2. The third-order valence-corrected chi connectivity index (χ3v) is 8.24. The van der Waals surface area contributed by atoms with Gasteiger partial charge in [-0.2, -0.15) is 5.10 Å². The fraction of sp³-hybridized carbons (Fsp3) is 0.483. The van der Waals surface area contributed by atoms with Crippen molar-refractivity contribution in [3.8, 4) is 11.5 Å². The van der Waals surface area contributed by atoms with Crippen LogP contribution in [0.5, 0.6) is 11.5 Å². The number of aromatic nitrogens is 2. The number of piperazine rings is 1. The van der Waals surface area contributed by atoms with E-state index in [0.717, 1.165) is 44.1 Å². The van der Waals surface area contributed by atoms with Crippen molar-refractivity contribution >= 4 is 17.3 Å². The molecular formula is C29H37ClN4O2. The second kappa shape index (κ2) is 11.1. The van der Waals surface area contributed by atoms with Crippen LogP contribution in [-0.4, -0.2) is 54.1 Å². The number of rotatable bonds is 8. The third-order valence-electron chi connectivity index (χ3n) is 7.93. The number of fused-ring (bicyclic) bond motifs is 1. The summed E-state index contributed by atoms with van der Waals surface area (Å²) in [6.07, 6.45) is 8.47. The molecule has 0 aliphatic carbocycles. The molecule has 2 aromatic carbocycles. The predicted octanol–water partition coefficient (Wildman–Crippen LogP) is 6.05. The number of piperidine rings is 1. The minimum absolute atomic E-state index is 0.471. The van der Waals surface area contributed by atoms with E-state index in [-0.39, 0.29) is 0 Å². The van der Waals surface area contributed by atoms with Crippen molar-refractivity contribution in [3.63, 3.8) is 0 Å². The molecule has 0 amide bonds. The predicted molar refractivity (Wildman–Crippen MR) is 146 cm³/mol. The van der Waals surface area contributed by atoms with Crippen molar-refractivity contribution in [2.24, 2.45) is 0 Å². The maximum atomic E-state index is 6.26. The van der Waals surface area contributed by atoms with E-state index in [1.54, 1.807) is 7.11 Å². The zero-order valence-corrected chi connectivity index (χ0v) is 22.4. The van der Waals surface area contributed by atoms with Gasteiger partial charge in [-0.3, -0.25) is 9.58 Å². The van der Waals surface area contributed by atoms with E-state index < -0.39 is 0 Å². The van der Waals surface area contributed by atoms with E-state index in [1.165, 1.54) is 41.6 Å². The Kier molecular flexibility index (Phi) is 7.73. The van der Waals surface area contributed by atoms with Gasteiger partial charge in [0.2, 0.25) is 0 Å². The minimum Gasteiger partial charge on any atom is -0.495 e. The lowest BCUT2D eigenvalue weighted by molar-refractivity contribution is 0.0712. The minimum atomic E-state index is 0.471. The number of hydrogen-bond donors (Lipinski definition) is 0. The van der Waals surface area contributed by atoms with Gasteiger partial charge >= 0.3 is 0 Å². The highest BCUT2D eigenvalue weighted by Gasteiger charge is 2.36. The smallest absolute Gasteiger partial charge is 0.139 e. The second-order valence-corrected chi connectivity index (χ2v) is 10.4. The monoisotopic (exact) mass is 508 g/mol. The van der Waals surface area contributed by atoms with Crippen molar-refractivity contribution in [2.75, 3.05) is 38.3 Å². The van der Waals surface area contributed by atoms with Crippen LogP contribution in [0.1, 0.15) is 48.4 Å². The molecule has 2 fully saturated rings. The number of nitrogens with zero attached hydrogens (tertiary/aromatic N) is 4. The van der Waals surface area contributed by atoms with Crippen molar-refractivity contribution in [1.82, 2.24) is 14.7 Å². The summed E-state index contributed by atoms with van der Waals surface area (Å²) in [6, 6.07) is 13.6. The van der Waals surface area contributed by atoms with Crippen LogP contribution in [0.3, 0.4) is 0 Å². The first-order chi connectivity index (χ1) is 17.5. The Hall–Kier alpha value is -2.70. The molecule has 0 radical (unpaired) electrons. The molecule has 36 heavy (non-hydrogen) atoms. The Morgan fingerprint density at radius 3 is 2.75 bits per heavy atom. The first kappa shape index (κ1) is 25.0. The van der Waals surface area contributed by atoms with E-state index in [2.05, 4.69) is 53.0 Å². The van der Waals surface area contributed by atoms with Crippen molar-refractivity contribution in [1.29, 1.82) is 0 Å². The van der Waals surface area contributed by atoms with Crippen LogP contribution in [0.2, 0.25) is 5.02 Å². The van der Waals surface area contributed by atoms with E-state index in [0.29, 0.717) is 23.7 Å². The van der Waals surface area contributed by atoms with Crippen molar-refractivity contribution in [3.05, 3.63) is 70.5 Å². The summed E-state index contributed by atoms with van der Waals surface area (Å²) in [4.78, 5) is 5.24. The molecule has 0 spiro atoms. The molecule has 2 aliphatic rings. The summed E-state index contributed by atoms with van der Waals surface area (Å²) in [5.74, 6) is 1.75. The molecule has 192 valence electrons. The quantitative estimate of drug-likeness (QED) is 0.347. The highest BCUT2D eigenvalue weighted by atomic mass is 35.5. The Bertz CT molecular complexity index is 1170. The summed E-state index contributed by atoms with van der Waals surface area (Å²) >= 11 is 6.26. The fourth-order valence-electron chi connectivity index (χ4n) is 5.84. The molecule has 0 saturated carbocycles. The average Bonchev–Trinajstić information content (AvgIpc) is 3.42. The van der Waals surface area contributed by atoms with Crippen LogP contribution in [0, 0.1) is 13.8 Å². The lowest BCUT2D eigenvalue weighted by Crippen LogP contribution is -2.56. The number of anilines is 1. The molecule has 6 nitrogen and oxygen atoms in total. The zero-order valence-electron chi connectivity index (χ0n) is 21.6. The highest BCUT2D eigenvalue weighted by molar-refractivity contribution is 6.32. The lowest BCUT2D eigenvalue weighted by atomic mass is 9.86. The van der Waals surface area contributed by atoms with E-state index in [1.807, 2.05) is 29.2 Å². The summed E-state index contributed by atoms with van der Waals surface area (Å²) in [7, 11) is 1.68. The van der Waals surface area contributed by atoms with Crippen LogP contribution < -0.4 is 14.4 Å². The van der Waals surface area contributed by atoms with Crippen LogP contribution in [0.15, 0.2) is 48.8 Å². The first-order valence-electron chi connectivity index (χ1n) is 13.1. The third kappa shape index (κ3) is 5.21. The molecule has 0 bridgehead atoms. The zero-order chi connectivity index (χ0) is 25.1. The molecule has 0 N–H and O–H groups in total. The molecule has 5 rings (SSSR count). The van der Waals surface area contributed by atoms with Crippen molar-refractivity contribution < 1.29 is 9.47 Å². The van der Waals surface area contributed by atoms with Gasteiger partial charge in [0.05, 0.1) is 18.7 Å². The molecule has 0 unspecified atom stereocenters. The first-order valence-corrected chi connectivity index (χ1v) is 13.5. The maximum Gasteiger partial charge on any atom is 0.139 e. The molecule has 7 heteroatoms. The average molecular weight is 509 g/mol. The van der Waals surface area contributed by atoms with Crippen molar-refractivity contribution in [2.45, 2.75) is 58.2 Å². The van der Waals surface area contributed by atoms with Gasteiger partial charge in [0.25, 0.3) is 0 Å². The molecule has 3 aromatic rings. The highest BCUT2D eigenvalue weighted by Crippen LogP contribution is 2.40. The topological polar surface area (TPSA) is 42.8 Å². The summed E-state index contributed by atoms with van der Waals surface area (Å²) in [5.41, 5.74) is 5.29. The molecule has 3 heterocycles. The summed E-state index contributed by atoms with van der Waals surface area (Å²) in [5, 5.41) is 4.93. The molecule has 2 atom stereocenters. The van der Waals surface area contributed by atoms with Crippen LogP contribution in [0.25, 0.3) is 0 Å². The summed E-state index contributed by atoms with van der Waals surface area (Å²) in [6.45, 7) is 9.15. The van der Waals surface area contributed by atoms with Gasteiger partial charge in [-0.15, -0.1) is 0 Å². The van der Waals surface area contributed by atoms with Gasteiger partial charge in [0, 0.05) is 68.8 Å². The molecular weight excluding hydrogens is 472 g/mol. The summed E-state index contributed by atoms with van der Waals surface area (Å²) < 4.78 is 13.6. The number of methoxy groups -OCH3 is 1. The largest absolute Gasteiger partial charge is 0.495 e. The van der Waals surface area contributed by atoms with Gasteiger partial charge in [-0.1, -0.05) is 17.7 Å². The number of halogens is 1. The van der Waals surface area contributed by atoms with Gasteiger partial charge in [-0.05, 0) is 74.1 Å². The second-order valence-electron chi connectivity index (χ2n) is 9.98. The van der Waals surface area contributed by atoms with E-state index in [4.69, 9.17) is 21.1 Å². The molecule has 2 aliphatic heterocycles. The fourth-order valence-corrected chi connectivity index (χ4v) is 6.03. The molecule has 2 saturated heterocycles. The number of aryl methyl sites for hydroxylation is 1.